The number of hydrogen-bond donors (Lipinski definition) is 4. The first-order valence-corrected chi connectivity index (χ1v) is 10.8. The molecule has 3 heterocycles. The Morgan fingerprint density at radius 2 is 2.00 bits per heavy atom. The van der Waals surface area contributed by atoms with Crippen LogP contribution < -0.4 is 10.6 Å². The number of thioether (sulfide) groups is 1. The van der Waals surface area contributed by atoms with Gasteiger partial charge in [-0.05, 0) is 37.7 Å². The Morgan fingerprint density at radius 3 is 2.73 bits per heavy atom. The van der Waals surface area contributed by atoms with E-state index in [0.29, 0.717) is 24.2 Å². The largest absolute Gasteiger partial charge is 0.355 e. The number of anilines is 1. The quantitative estimate of drug-likeness (QED) is 0.341. The van der Waals surface area contributed by atoms with Gasteiger partial charge in [0.05, 0.1) is 0 Å². The molecular formula is C22H26N6OS. The van der Waals surface area contributed by atoms with Crippen LogP contribution in [0, 0.1) is 10.8 Å². The highest BCUT2D eigenvalue weighted by Gasteiger charge is 2.38. The standard InChI is InChI=1S/C22H26N6OS/c1-14(11-15-9-10-25-19-6-4-3-5-18(15)19)26-21(29)20(23)30-22(24)28-12-16-7-8-17(13-28)27(16)2/h3-6,10,16-17,23-25H,1,7-8,11-13H2,2H3,(H,26,29). The molecule has 7 nitrogen and oxygen atoms in total. The minimum atomic E-state index is -0.529. The van der Waals surface area contributed by atoms with Gasteiger partial charge in [0.1, 0.15) is 0 Å². The van der Waals surface area contributed by atoms with Crippen molar-refractivity contribution in [3.63, 3.8) is 0 Å². The van der Waals surface area contributed by atoms with E-state index in [1.165, 1.54) is 0 Å². The lowest BCUT2D eigenvalue weighted by atomic mass is 9.99. The van der Waals surface area contributed by atoms with E-state index in [9.17, 15) is 4.79 Å². The minimum Gasteiger partial charge on any atom is -0.355 e. The van der Waals surface area contributed by atoms with Gasteiger partial charge in [-0.2, -0.15) is 0 Å². The molecule has 3 aliphatic heterocycles. The predicted octanol–water partition coefficient (Wildman–Crippen LogP) is 3.05. The number of carbonyl (C=O) groups excluding carboxylic acids is 1. The number of nitrogens with one attached hydrogen (secondary N) is 4. The van der Waals surface area contributed by atoms with Gasteiger partial charge in [0.15, 0.2) is 10.2 Å². The summed E-state index contributed by atoms with van der Waals surface area (Å²) < 4.78 is 0. The number of para-hydroxylation sites is 1. The summed E-state index contributed by atoms with van der Waals surface area (Å²) in [6, 6.07) is 8.81. The van der Waals surface area contributed by atoms with E-state index in [-0.39, 0.29) is 10.2 Å². The second-order valence-corrected chi connectivity index (χ2v) is 8.88. The van der Waals surface area contributed by atoms with Crippen LogP contribution in [0.15, 0.2) is 48.5 Å². The molecule has 1 aromatic carbocycles. The topological polar surface area (TPSA) is 95.3 Å². The summed E-state index contributed by atoms with van der Waals surface area (Å²) in [6.07, 6.45) is 4.47. The fourth-order valence-electron chi connectivity index (χ4n) is 4.26. The highest BCUT2D eigenvalue weighted by atomic mass is 32.2. The van der Waals surface area contributed by atoms with E-state index in [1.807, 2.05) is 29.2 Å². The van der Waals surface area contributed by atoms with Gasteiger partial charge in [-0.15, -0.1) is 0 Å². The van der Waals surface area contributed by atoms with Crippen LogP contribution in [0.1, 0.15) is 24.8 Å². The summed E-state index contributed by atoms with van der Waals surface area (Å²) in [5.74, 6) is -0.529. The summed E-state index contributed by atoms with van der Waals surface area (Å²) in [5, 5.41) is 22.4. The van der Waals surface area contributed by atoms with Crippen molar-refractivity contribution < 1.29 is 4.79 Å². The fourth-order valence-corrected chi connectivity index (χ4v) is 4.87. The van der Waals surface area contributed by atoms with Crippen molar-refractivity contribution in [1.82, 2.24) is 15.1 Å². The van der Waals surface area contributed by atoms with Crippen molar-refractivity contribution in [2.75, 3.05) is 25.5 Å². The molecule has 30 heavy (non-hydrogen) atoms. The molecule has 1 amide bonds. The maximum absolute atomic E-state index is 12.5. The Morgan fingerprint density at radius 1 is 1.30 bits per heavy atom. The summed E-state index contributed by atoms with van der Waals surface area (Å²) >= 11 is 0.906. The molecule has 4 rings (SSSR count). The molecule has 1 aromatic rings. The molecule has 2 fully saturated rings. The van der Waals surface area contributed by atoms with Crippen LogP contribution in [0.3, 0.4) is 0 Å². The molecule has 0 aliphatic carbocycles. The number of rotatable bonds is 3. The van der Waals surface area contributed by atoms with Crippen LogP contribution >= 0.6 is 11.8 Å². The van der Waals surface area contributed by atoms with E-state index < -0.39 is 5.91 Å². The lowest BCUT2D eigenvalue weighted by Crippen LogP contribution is -2.53. The van der Waals surface area contributed by atoms with E-state index >= 15 is 0 Å². The van der Waals surface area contributed by atoms with Crippen LogP contribution in [0.5, 0.6) is 0 Å². The van der Waals surface area contributed by atoms with Gasteiger partial charge in [0, 0.05) is 60.3 Å². The van der Waals surface area contributed by atoms with Gasteiger partial charge < -0.3 is 15.5 Å². The lowest BCUT2D eigenvalue weighted by molar-refractivity contribution is -0.113. The maximum Gasteiger partial charge on any atom is 0.280 e. The van der Waals surface area contributed by atoms with Gasteiger partial charge in [-0.3, -0.25) is 20.5 Å². The zero-order valence-electron chi connectivity index (χ0n) is 17.0. The Hall–Kier alpha value is -2.80. The highest BCUT2D eigenvalue weighted by molar-refractivity contribution is 8.27. The number of benzene rings is 1. The third-order valence-corrected chi connectivity index (χ3v) is 6.79. The molecular weight excluding hydrogens is 396 g/mol. The van der Waals surface area contributed by atoms with Gasteiger partial charge in [0.2, 0.25) is 0 Å². The molecule has 2 atom stereocenters. The third-order valence-electron chi connectivity index (χ3n) is 5.95. The Balaban J connectivity index is 1.29. The van der Waals surface area contributed by atoms with Crippen LogP contribution in [0.2, 0.25) is 0 Å². The molecule has 2 unspecified atom stereocenters. The van der Waals surface area contributed by atoms with Gasteiger partial charge in [0.25, 0.3) is 5.91 Å². The van der Waals surface area contributed by atoms with Crippen LogP contribution in [0.25, 0.3) is 5.57 Å². The molecule has 2 saturated heterocycles. The Bertz CT molecular complexity index is 966. The Kier molecular flexibility index (Phi) is 5.81. The zero-order valence-corrected chi connectivity index (χ0v) is 17.8. The lowest BCUT2D eigenvalue weighted by Gasteiger charge is -2.39. The van der Waals surface area contributed by atoms with Crippen LogP contribution in [0.4, 0.5) is 5.69 Å². The summed E-state index contributed by atoms with van der Waals surface area (Å²) in [7, 11) is 2.14. The van der Waals surface area contributed by atoms with Crippen molar-refractivity contribution in [1.29, 1.82) is 10.8 Å². The van der Waals surface area contributed by atoms with Crippen molar-refractivity contribution in [2.24, 2.45) is 0 Å². The first-order valence-electron chi connectivity index (χ1n) is 10.0. The number of amidine groups is 1. The molecule has 156 valence electrons. The van der Waals surface area contributed by atoms with Crippen molar-refractivity contribution in [3.8, 4) is 0 Å². The number of nitrogens with zero attached hydrogens (tertiary/aromatic N) is 2. The number of amides is 1. The molecule has 0 saturated carbocycles. The molecule has 0 radical (unpaired) electrons. The monoisotopic (exact) mass is 422 g/mol. The average Bonchev–Trinajstić information content (AvgIpc) is 2.93. The third kappa shape index (κ3) is 4.21. The fraction of sp³-hybridized carbons (Fsp3) is 0.364. The zero-order chi connectivity index (χ0) is 21.3. The Labute approximate surface area is 180 Å². The molecule has 3 aliphatic rings. The second kappa shape index (κ2) is 8.52. The highest BCUT2D eigenvalue weighted by Crippen LogP contribution is 2.31. The maximum atomic E-state index is 12.5. The first kappa shape index (κ1) is 20.5. The molecule has 2 bridgehead atoms. The average molecular weight is 423 g/mol. The summed E-state index contributed by atoms with van der Waals surface area (Å²) in [4.78, 5) is 16.8. The van der Waals surface area contributed by atoms with Crippen LogP contribution in [-0.2, 0) is 4.79 Å². The van der Waals surface area contributed by atoms with Crippen molar-refractivity contribution >= 4 is 39.1 Å². The van der Waals surface area contributed by atoms with E-state index in [1.54, 1.807) is 6.20 Å². The molecule has 4 N–H and O–H groups in total. The number of allylic oxidation sites excluding steroid dienone is 1. The number of carbonyl (C=O) groups is 1. The van der Waals surface area contributed by atoms with Crippen molar-refractivity contribution in [3.05, 3.63) is 54.0 Å². The van der Waals surface area contributed by atoms with Gasteiger partial charge in [-0.25, -0.2) is 0 Å². The minimum absolute atomic E-state index is 0.192. The normalized spacial score (nSPS) is 22.0. The van der Waals surface area contributed by atoms with E-state index in [2.05, 4.69) is 34.9 Å². The second-order valence-electron chi connectivity index (χ2n) is 7.88. The van der Waals surface area contributed by atoms with E-state index in [4.69, 9.17) is 10.8 Å². The van der Waals surface area contributed by atoms with E-state index in [0.717, 1.165) is 54.5 Å². The molecule has 0 aromatic heterocycles. The smallest absolute Gasteiger partial charge is 0.280 e. The molecule has 8 heteroatoms. The number of likely N-dealkylation sites (N-methyl/N-ethyl adjacent to an activating group) is 1. The first-order chi connectivity index (χ1) is 14.4. The summed E-state index contributed by atoms with van der Waals surface area (Å²) in [6.45, 7) is 5.52. The van der Waals surface area contributed by atoms with Gasteiger partial charge in [-0.1, -0.05) is 30.5 Å². The number of piperazine rings is 1. The van der Waals surface area contributed by atoms with Crippen molar-refractivity contribution in [2.45, 2.75) is 31.3 Å². The number of hydrogen-bond acceptors (Lipinski definition) is 6. The van der Waals surface area contributed by atoms with Crippen LogP contribution in [-0.4, -0.2) is 58.1 Å². The van der Waals surface area contributed by atoms with Gasteiger partial charge >= 0.3 is 0 Å². The number of likely N-dealkylation sites (tertiary alicyclic amines) is 1. The predicted molar refractivity (Wildman–Crippen MR) is 123 cm³/mol. The molecule has 0 spiro atoms. The summed E-state index contributed by atoms with van der Waals surface area (Å²) in [5.41, 5.74) is 6.60. The number of fused-ring (bicyclic) bond motifs is 3. The SMILES string of the molecule is C=C(CC1=C=CNc2ccccc21)NC(=O)C(=N)SC(=N)N1CC2CCC(C1)N2C.